The molecular formula is C24H16F2N4O2S. The second-order valence-electron chi connectivity index (χ2n) is 7.41. The Bertz CT molecular complexity index is 1660. The lowest BCUT2D eigenvalue weighted by Gasteiger charge is -2.14. The Morgan fingerprint density at radius 3 is 2.61 bits per heavy atom. The highest BCUT2D eigenvalue weighted by atomic mass is 32.2. The number of para-hydroxylation sites is 1. The van der Waals surface area contributed by atoms with Crippen molar-refractivity contribution in [3.63, 3.8) is 0 Å². The summed E-state index contributed by atoms with van der Waals surface area (Å²) >= 11 is 1.14. The van der Waals surface area contributed by atoms with Crippen molar-refractivity contribution in [3.8, 4) is 5.69 Å². The molecule has 0 amide bonds. The van der Waals surface area contributed by atoms with Gasteiger partial charge < -0.3 is 0 Å². The molecule has 5 aromatic rings. The van der Waals surface area contributed by atoms with Crippen LogP contribution in [0.5, 0.6) is 0 Å². The predicted octanol–water partition coefficient (Wildman–Crippen LogP) is 4.27. The molecule has 0 unspecified atom stereocenters. The summed E-state index contributed by atoms with van der Waals surface area (Å²) in [6.45, 7) is 1.86. The van der Waals surface area contributed by atoms with Crippen LogP contribution >= 0.6 is 11.8 Å². The molecule has 164 valence electrons. The number of hydrogen-bond acceptors (Lipinski definition) is 5. The number of nitrogens with zero attached hydrogens (tertiary/aromatic N) is 4. The first-order chi connectivity index (χ1) is 15.9. The van der Waals surface area contributed by atoms with Crippen molar-refractivity contribution in [1.29, 1.82) is 0 Å². The highest BCUT2D eigenvalue weighted by molar-refractivity contribution is 7.98. The molecule has 5 rings (SSSR count). The Morgan fingerprint density at radius 2 is 1.79 bits per heavy atom. The van der Waals surface area contributed by atoms with E-state index in [1.165, 1.54) is 16.5 Å². The summed E-state index contributed by atoms with van der Waals surface area (Å²) in [4.78, 5) is 34.9. The van der Waals surface area contributed by atoms with Crippen molar-refractivity contribution in [2.75, 3.05) is 0 Å². The molecule has 3 aromatic heterocycles. The lowest BCUT2D eigenvalue weighted by atomic mass is 10.2. The molecule has 2 aromatic carbocycles. The van der Waals surface area contributed by atoms with E-state index in [0.29, 0.717) is 22.2 Å². The molecule has 0 saturated carbocycles. The molecule has 0 bridgehead atoms. The van der Waals surface area contributed by atoms with Crippen LogP contribution in [0.15, 0.2) is 81.6 Å². The van der Waals surface area contributed by atoms with Crippen LogP contribution in [0.3, 0.4) is 0 Å². The summed E-state index contributed by atoms with van der Waals surface area (Å²) in [5.74, 6) is -1.41. The van der Waals surface area contributed by atoms with Crippen LogP contribution in [0.1, 0.15) is 11.3 Å². The molecule has 0 aliphatic carbocycles. The lowest BCUT2D eigenvalue weighted by Crippen LogP contribution is -2.23. The largest absolute Gasteiger partial charge is 0.269 e. The van der Waals surface area contributed by atoms with Crippen molar-refractivity contribution in [2.45, 2.75) is 17.8 Å². The fourth-order valence-electron chi connectivity index (χ4n) is 3.61. The Hall–Kier alpha value is -3.85. The molecular weight excluding hydrogens is 446 g/mol. The number of hydrogen-bond donors (Lipinski definition) is 0. The molecule has 0 N–H and O–H groups in total. The summed E-state index contributed by atoms with van der Waals surface area (Å²) in [6.07, 6.45) is 1.65. The second kappa shape index (κ2) is 8.25. The van der Waals surface area contributed by atoms with Crippen LogP contribution in [-0.4, -0.2) is 18.9 Å². The van der Waals surface area contributed by atoms with Crippen LogP contribution in [0.2, 0.25) is 0 Å². The highest BCUT2D eigenvalue weighted by Gasteiger charge is 2.17. The minimum atomic E-state index is -0.881. The summed E-state index contributed by atoms with van der Waals surface area (Å²) < 4.78 is 30.7. The fourth-order valence-corrected chi connectivity index (χ4v) is 4.50. The van der Waals surface area contributed by atoms with Gasteiger partial charge in [0.1, 0.15) is 17.3 Å². The molecule has 0 saturated heterocycles. The lowest BCUT2D eigenvalue weighted by molar-refractivity contribution is 0.572. The Kier molecular flexibility index (Phi) is 5.26. The van der Waals surface area contributed by atoms with Gasteiger partial charge in [0.15, 0.2) is 5.16 Å². The Labute approximate surface area is 190 Å². The number of pyridine rings is 1. The van der Waals surface area contributed by atoms with Crippen molar-refractivity contribution < 1.29 is 8.78 Å². The average Bonchev–Trinajstić information content (AvgIpc) is 2.79. The number of halogens is 2. The number of rotatable bonds is 4. The van der Waals surface area contributed by atoms with Gasteiger partial charge in [0.05, 0.1) is 22.3 Å². The van der Waals surface area contributed by atoms with Gasteiger partial charge in [0, 0.05) is 24.1 Å². The van der Waals surface area contributed by atoms with Crippen LogP contribution < -0.4 is 11.1 Å². The first-order valence-electron chi connectivity index (χ1n) is 10.0. The molecule has 0 spiro atoms. The smallest absolute Gasteiger partial charge is 0.266 e. The van der Waals surface area contributed by atoms with Gasteiger partial charge in [-0.05, 0) is 42.8 Å². The maximum absolute atomic E-state index is 14.6. The number of benzene rings is 2. The Morgan fingerprint density at radius 1 is 0.970 bits per heavy atom. The van der Waals surface area contributed by atoms with Crippen LogP contribution in [0.25, 0.3) is 22.2 Å². The molecule has 33 heavy (non-hydrogen) atoms. The topological polar surface area (TPSA) is 69.3 Å². The molecule has 3 heterocycles. The van der Waals surface area contributed by atoms with E-state index in [0.717, 1.165) is 34.0 Å². The normalized spacial score (nSPS) is 11.4. The minimum absolute atomic E-state index is 0.107. The van der Waals surface area contributed by atoms with Crippen molar-refractivity contribution in [1.82, 2.24) is 18.9 Å². The maximum Gasteiger partial charge on any atom is 0.266 e. The van der Waals surface area contributed by atoms with E-state index in [9.17, 15) is 18.4 Å². The summed E-state index contributed by atoms with van der Waals surface area (Å²) in [6, 6.07) is 14.8. The van der Waals surface area contributed by atoms with Gasteiger partial charge >= 0.3 is 0 Å². The van der Waals surface area contributed by atoms with Gasteiger partial charge in [-0.1, -0.05) is 30.0 Å². The van der Waals surface area contributed by atoms with Crippen LogP contribution in [-0.2, 0) is 5.75 Å². The zero-order valence-corrected chi connectivity index (χ0v) is 18.1. The standard InChI is InChI=1S/C24H16F2N4O2S/c1-14-5-4-10-29-21(31)12-16(27-22(14)29)13-33-24-28-19-7-3-2-6-17(19)23(32)30(24)20-9-8-15(25)11-18(20)26/h2-12H,13H2,1H3. The van der Waals surface area contributed by atoms with Gasteiger partial charge in [-0.3, -0.25) is 18.6 Å². The molecule has 0 aliphatic rings. The van der Waals surface area contributed by atoms with Gasteiger partial charge in [0.25, 0.3) is 11.1 Å². The molecule has 9 heteroatoms. The Balaban J connectivity index is 1.64. The quantitative estimate of drug-likeness (QED) is 0.295. The summed E-state index contributed by atoms with van der Waals surface area (Å²) in [5, 5.41) is 0.513. The third-order valence-corrected chi connectivity index (χ3v) is 6.16. The van der Waals surface area contributed by atoms with Crippen LogP contribution in [0, 0.1) is 18.6 Å². The summed E-state index contributed by atoms with van der Waals surface area (Å²) in [5.41, 5.74) is 1.51. The maximum atomic E-state index is 14.6. The third-order valence-electron chi connectivity index (χ3n) is 5.18. The number of aromatic nitrogens is 4. The highest BCUT2D eigenvalue weighted by Crippen LogP contribution is 2.25. The van der Waals surface area contributed by atoms with Gasteiger partial charge in [-0.15, -0.1) is 0 Å². The van der Waals surface area contributed by atoms with Crippen molar-refractivity contribution >= 4 is 28.3 Å². The first-order valence-corrected chi connectivity index (χ1v) is 11.0. The van der Waals surface area contributed by atoms with Crippen molar-refractivity contribution in [2.24, 2.45) is 0 Å². The molecule has 0 atom stereocenters. The average molecular weight is 462 g/mol. The van der Waals surface area contributed by atoms with E-state index < -0.39 is 17.2 Å². The van der Waals surface area contributed by atoms with E-state index in [1.807, 2.05) is 13.0 Å². The fraction of sp³-hybridized carbons (Fsp3) is 0.0833. The molecule has 0 aliphatic heterocycles. The van der Waals surface area contributed by atoms with E-state index in [2.05, 4.69) is 9.97 Å². The molecule has 0 fully saturated rings. The number of fused-ring (bicyclic) bond motifs is 2. The molecule has 6 nitrogen and oxygen atoms in total. The van der Waals surface area contributed by atoms with E-state index in [-0.39, 0.29) is 22.2 Å². The first kappa shape index (κ1) is 21.0. The number of thioether (sulfide) groups is 1. The molecule has 0 radical (unpaired) electrons. The zero-order valence-electron chi connectivity index (χ0n) is 17.3. The van der Waals surface area contributed by atoms with Crippen LogP contribution in [0.4, 0.5) is 8.78 Å². The third kappa shape index (κ3) is 3.80. The van der Waals surface area contributed by atoms with E-state index in [1.54, 1.807) is 36.5 Å². The minimum Gasteiger partial charge on any atom is -0.269 e. The summed E-state index contributed by atoms with van der Waals surface area (Å²) in [7, 11) is 0. The van der Waals surface area contributed by atoms with E-state index >= 15 is 0 Å². The monoisotopic (exact) mass is 462 g/mol. The van der Waals surface area contributed by atoms with Gasteiger partial charge in [-0.25, -0.2) is 18.7 Å². The van der Waals surface area contributed by atoms with E-state index in [4.69, 9.17) is 0 Å². The zero-order chi connectivity index (χ0) is 23.1. The number of aryl methyl sites for hydroxylation is 1. The van der Waals surface area contributed by atoms with Gasteiger partial charge in [-0.2, -0.15) is 0 Å². The second-order valence-corrected chi connectivity index (χ2v) is 8.35. The predicted molar refractivity (Wildman–Crippen MR) is 123 cm³/mol. The van der Waals surface area contributed by atoms with Crippen molar-refractivity contribution in [3.05, 3.63) is 110 Å². The SMILES string of the molecule is Cc1cccn2c(=O)cc(CSc3nc4ccccc4c(=O)n3-c3ccc(F)cc3F)nc12. The van der Waals surface area contributed by atoms with Gasteiger partial charge in [0.2, 0.25) is 0 Å².